The maximum Gasteiger partial charge on any atom is 0.348 e. The van der Waals surface area contributed by atoms with Crippen molar-refractivity contribution in [3.63, 3.8) is 0 Å². The maximum atomic E-state index is 12.5. The van der Waals surface area contributed by atoms with Crippen molar-refractivity contribution in [2.75, 3.05) is 13.2 Å². The molecule has 0 radical (unpaired) electrons. The van der Waals surface area contributed by atoms with Gasteiger partial charge in [-0.15, -0.1) is 0 Å². The zero-order valence-electron chi connectivity index (χ0n) is 11.1. The first-order valence-electron chi connectivity index (χ1n) is 6.12. The Hall–Kier alpha value is -1.34. The SMILES string of the molecule is CCOP(=O)(OCC)[C@@H](C#N)Cc1ccc(O)cc1. The molecule has 0 saturated carbocycles. The first-order valence-corrected chi connectivity index (χ1v) is 7.73. The van der Waals surface area contributed by atoms with E-state index in [0.717, 1.165) is 5.56 Å². The standard InChI is InChI=1S/C13H18NO4P/c1-3-17-19(16,18-4-2)13(10-14)9-11-5-7-12(15)8-6-11/h5-8,13,15H,3-4,9H2,1-2H3/t13-/m1/s1. The molecule has 0 unspecified atom stereocenters. The molecule has 0 saturated heterocycles. The third kappa shape index (κ3) is 4.36. The molecular weight excluding hydrogens is 265 g/mol. The van der Waals surface area contributed by atoms with E-state index in [4.69, 9.17) is 9.05 Å². The average Bonchev–Trinajstić information content (AvgIpc) is 2.38. The summed E-state index contributed by atoms with van der Waals surface area (Å²) in [5.41, 5.74) is -0.0547. The second kappa shape index (κ2) is 7.30. The average molecular weight is 283 g/mol. The third-order valence-corrected chi connectivity index (χ3v) is 4.81. The highest BCUT2D eigenvalue weighted by Crippen LogP contribution is 2.53. The van der Waals surface area contributed by atoms with Gasteiger partial charge in [-0.2, -0.15) is 5.26 Å². The van der Waals surface area contributed by atoms with Crippen LogP contribution < -0.4 is 0 Å². The van der Waals surface area contributed by atoms with E-state index < -0.39 is 13.3 Å². The number of phenolic OH excluding ortho intramolecular Hbond substituents is 1. The van der Waals surface area contributed by atoms with Gasteiger partial charge in [-0.05, 0) is 38.0 Å². The Bertz CT molecular complexity index is 470. The molecule has 5 nitrogen and oxygen atoms in total. The summed E-state index contributed by atoms with van der Waals surface area (Å²) >= 11 is 0. The molecule has 0 bridgehead atoms. The van der Waals surface area contributed by atoms with E-state index in [0.29, 0.717) is 0 Å². The summed E-state index contributed by atoms with van der Waals surface area (Å²) in [7, 11) is -3.43. The molecule has 0 spiro atoms. The zero-order chi connectivity index (χ0) is 14.3. The number of nitriles is 1. The molecule has 0 aliphatic rings. The Kier molecular flexibility index (Phi) is 6.04. The van der Waals surface area contributed by atoms with Crippen molar-refractivity contribution >= 4 is 7.60 Å². The summed E-state index contributed by atoms with van der Waals surface area (Å²) in [6, 6.07) is 8.41. The van der Waals surface area contributed by atoms with Crippen LogP contribution in [0.1, 0.15) is 19.4 Å². The minimum Gasteiger partial charge on any atom is -0.508 e. The molecule has 0 aliphatic heterocycles. The van der Waals surface area contributed by atoms with Crippen LogP contribution in [-0.4, -0.2) is 24.0 Å². The van der Waals surface area contributed by atoms with Gasteiger partial charge in [-0.3, -0.25) is 4.57 Å². The normalized spacial score (nSPS) is 12.9. The summed E-state index contributed by atoms with van der Waals surface area (Å²) in [5.74, 6) is 0.148. The second-order valence-corrected chi connectivity index (χ2v) is 6.11. The van der Waals surface area contributed by atoms with E-state index >= 15 is 0 Å². The van der Waals surface area contributed by atoms with Crippen molar-refractivity contribution in [2.45, 2.75) is 25.9 Å². The largest absolute Gasteiger partial charge is 0.508 e. The number of aromatic hydroxyl groups is 1. The molecule has 0 fully saturated rings. The van der Waals surface area contributed by atoms with E-state index in [-0.39, 0.29) is 25.4 Å². The van der Waals surface area contributed by atoms with Gasteiger partial charge >= 0.3 is 7.60 Å². The van der Waals surface area contributed by atoms with Gasteiger partial charge in [0.05, 0.1) is 19.3 Å². The van der Waals surface area contributed by atoms with Gasteiger partial charge < -0.3 is 14.2 Å². The molecule has 0 aliphatic carbocycles. The smallest absolute Gasteiger partial charge is 0.348 e. The molecule has 6 heteroatoms. The Morgan fingerprint density at radius 2 is 1.79 bits per heavy atom. The van der Waals surface area contributed by atoms with Gasteiger partial charge in [-0.1, -0.05) is 12.1 Å². The van der Waals surface area contributed by atoms with Crippen LogP contribution in [0.25, 0.3) is 0 Å². The Labute approximate surface area is 113 Å². The highest BCUT2D eigenvalue weighted by molar-refractivity contribution is 7.55. The first kappa shape index (κ1) is 15.7. The van der Waals surface area contributed by atoms with Crippen molar-refractivity contribution in [2.24, 2.45) is 0 Å². The minimum atomic E-state index is -3.43. The molecule has 0 aromatic heterocycles. The van der Waals surface area contributed by atoms with E-state index in [1.807, 2.05) is 6.07 Å². The summed E-state index contributed by atoms with van der Waals surface area (Å²) in [6.07, 6.45) is 0.258. The number of rotatable bonds is 7. The Morgan fingerprint density at radius 3 is 2.21 bits per heavy atom. The van der Waals surface area contributed by atoms with Crippen molar-refractivity contribution < 1.29 is 18.7 Å². The lowest BCUT2D eigenvalue weighted by Crippen LogP contribution is -2.14. The van der Waals surface area contributed by atoms with Crippen LogP contribution in [0.5, 0.6) is 5.75 Å². The van der Waals surface area contributed by atoms with Crippen LogP contribution in [0, 0.1) is 11.3 Å². The molecule has 1 rings (SSSR count). The van der Waals surface area contributed by atoms with E-state index in [2.05, 4.69) is 0 Å². The topological polar surface area (TPSA) is 79.5 Å². The molecule has 1 atom stereocenters. The van der Waals surface area contributed by atoms with Crippen molar-refractivity contribution in [1.82, 2.24) is 0 Å². The van der Waals surface area contributed by atoms with Crippen LogP contribution in [0.3, 0.4) is 0 Å². The summed E-state index contributed by atoms with van der Waals surface area (Å²) < 4.78 is 22.9. The summed E-state index contributed by atoms with van der Waals surface area (Å²) in [4.78, 5) is 0. The molecule has 0 heterocycles. The number of hydrogen-bond donors (Lipinski definition) is 1. The predicted molar refractivity (Wildman–Crippen MR) is 72.1 cm³/mol. The van der Waals surface area contributed by atoms with Gasteiger partial charge in [0.1, 0.15) is 5.75 Å². The monoisotopic (exact) mass is 283 g/mol. The van der Waals surface area contributed by atoms with Crippen LogP contribution >= 0.6 is 7.60 Å². The van der Waals surface area contributed by atoms with Gasteiger partial charge in [-0.25, -0.2) is 0 Å². The van der Waals surface area contributed by atoms with Gasteiger partial charge in [0, 0.05) is 0 Å². The van der Waals surface area contributed by atoms with E-state index in [1.165, 1.54) is 12.1 Å². The molecule has 1 aromatic carbocycles. The van der Waals surface area contributed by atoms with Crippen LogP contribution in [0.4, 0.5) is 0 Å². The Balaban J connectivity index is 2.89. The molecule has 19 heavy (non-hydrogen) atoms. The highest BCUT2D eigenvalue weighted by atomic mass is 31.2. The van der Waals surface area contributed by atoms with Crippen molar-refractivity contribution in [1.29, 1.82) is 5.26 Å². The van der Waals surface area contributed by atoms with Gasteiger partial charge in [0.15, 0.2) is 5.66 Å². The lowest BCUT2D eigenvalue weighted by atomic mass is 10.1. The molecule has 104 valence electrons. The lowest BCUT2D eigenvalue weighted by molar-refractivity contribution is 0.216. The quantitative estimate of drug-likeness (QED) is 0.778. The van der Waals surface area contributed by atoms with Gasteiger partial charge in [0.25, 0.3) is 0 Å². The predicted octanol–water partition coefficient (Wildman–Crippen LogP) is 3.09. The molecule has 0 amide bonds. The Morgan fingerprint density at radius 1 is 1.26 bits per heavy atom. The number of hydrogen-bond acceptors (Lipinski definition) is 5. The third-order valence-electron chi connectivity index (χ3n) is 2.51. The number of nitrogens with zero attached hydrogens (tertiary/aromatic N) is 1. The molecule has 1 aromatic rings. The summed E-state index contributed by atoms with van der Waals surface area (Å²) in [6.45, 7) is 3.87. The van der Waals surface area contributed by atoms with Gasteiger partial charge in [0.2, 0.25) is 0 Å². The van der Waals surface area contributed by atoms with Crippen LogP contribution in [0.2, 0.25) is 0 Å². The van der Waals surface area contributed by atoms with E-state index in [1.54, 1.807) is 26.0 Å². The fraction of sp³-hybridized carbons (Fsp3) is 0.462. The van der Waals surface area contributed by atoms with Crippen LogP contribution in [0.15, 0.2) is 24.3 Å². The molecule has 1 N–H and O–H groups in total. The van der Waals surface area contributed by atoms with Crippen molar-refractivity contribution in [3.8, 4) is 11.8 Å². The number of phenols is 1. The fourth-order valence-corrected chi connectivity index (χ4v) is 3.39. The lowest BCUT2D eigenvalue weighted by Gasteiger charge is -2.21. The van der Waals surface area contributed by atoms with E-state index in [9.17, 15) is 14.9 Å². The fourth-order valence-electron chi connectivity index (χ4n) is 1.66. The zero-order valence-corrected chi connectivity index (χ0v) is 12.0. The summed E-state index contributed by atoms with van der Waals surface area (Å²) in [5, 5.41) is 18.4. The molecular formula is C13H18NO4P. The number of benzene rings is 1. The minimum absolute atomic E-state index is 0.148. The second-order valence-electron chi connectivity index (χ2n) is 3.89. The first-order chi connectivity index (χ1) is 9.05. The maximum absolute atomic E-state index is 12.5. The van der Waals surface area contributed by atoms with Crippen LogP contribution in [-0.2, 0) is 20.0 Å². The van der Waals surface area contributed by atoms with Crippen molar-refractivity contribution in [3.05, 3.63) is 29.8 Å². The highest BCUT2D eigenvalue weighted by Gasteiger charge is 2.35.